The van der Waals surface area contributed by atoms with E-state index in [0.29, 0.717) is 30.9 Å². The van der Waals surface area contributed by atoms with E-state index in [0.717, 1.165) is 0 Å². The van der Waals surface area contributed by atoms with Gasteiger partial charge < -0.3 is 16.2 Å². The topological polar surface area (TPSA) is 109 Å². The van der Waals surface area contributed by atoms with Crippen LogP contribution in [0.2, 0.25) is 0 Å². The number of hydrogen-bond acceptors (Lipinski definition) is 5. The Morgan fingerprint density at radius 1 is 1.44 bits per heavy atom. The largest absolute Gasteiger partial charge is 0.480 e. The molecule has 0 aromatic heterocycles. The maximum atomic E-state index is 11.8. The van der Waals surface area contributed by atoms with E-state index in [1.54, 1.807) is 0 Å². The highest BCUT2D eigenvalue weighted by Crippen LogP contribution is 2.19. The van der Waals surface area contributed by atoms with Crippen LogP contribution in [0.15, 0.2) is 0 Å². The molecule has 0 spiro atoms. The molecule has 0 bridgehead atoms. The molecule has 1 fully saturated rings. The Hall–Kier alpha value is -1.08. The first kappa shape index (κ1) is 15.0. The van der Waals surface area contributed by atoms with Gasteiger partial charge in [0.25, 0.3) is 0 Å². The Morgan fingerprint density at radius 3 is 2.78 bits per heavy atom. The number of thioether (sulfide) groups is 1. The molecule has 0 aromatic rings. The number of rotatable bonds is 6. The minimum Gasteiger partial charge on any atom is -0.480 e. The molecule has 0 aliphatic carbocycles. The van der Waals surface area contributed by atoms with Crippen LogP contribution in [0.1, 0.15) is 19.3 Å². The number of amides is 1. The zero-order valence-electron chi connectivity index (χ0n) is 10.1. The fourth-order valence-electron chi connectivity index (χ4n) is 1.70. The molecule has 2 atom stereocenters. The lowest BCUT2D eigenvalue weighted by Gasteiger charge is -2.13. The van der Waals surface area contributed by atoms with Gasteiger partial charge in [0.2, 0.25) is 5.91 Å². The molecule has 1 amide bonds. The van der Waals surface area contributed by atoms with Gasteiger partial charge in [-0.25, -0.2) is 4.79 Å². The molecular weight excluding hydrogens is 256 g/mol. The van der Waals surface area contributed by atoms with E-state index >= 15 is 0 Å². The summed E-state index contributed by atoms with van der Waals surface area (Å²) in [5.74, 6) is -0.961. The lowest BCUT2D eigenvalue weighted by molar-refractivity contribution is -0.141. The van der Waals surface area contributed by atoms with Crippen molar-refractivity contribution >= 4 is 29.4 Å². The summed E-state index contributed by atoms with van der Waals surface area (Å²) in [5, 5.41) is 11.3. The summed E-state index contributed by atoms with van der Waals surface area (Å²) in [6, 6.07) is -0.855. The van der Waals surface area contributed by atoms with Crippen molar-refractivity contribution in [1.29, 1.82) is 0 Å². The lowest BCUT2D eigenvalue weighted by Crippen LogP contribution is -2.43. The van der Waals surface area contributed by atoms with E-state index in [-0.39, 0.29) is 18.1 Å². The molecule has 0 saturated carbocycles. The number of carbonyl (C=O) groups is 3. The molecule has 0 radical (unpaired) electrons. The van der Waals surface area contributed by atoms with Crippen LogP contribution in [0.5, 0.6) is 0 Å². The number of carboxylic acid groups (broad SMARTS) is 1. The Morgan fingerprint density at radius 2 is 2.17 bits per heavy atom. The van der Waals surface area contributed by atoms with Gasteiger partial charge in [-0.15, -0.1) is 0 Å². The van der Waals surface area contributed by atoms with Crippen molar-refractivity contribution in [2.45, 2.75) is 25.3 Å². The molecule has 7 heteroatoms. The summed E-state index contributed by atoms with van der Waals surface area (Å²) in [6.45, 7) is 0.457. The van der Waals surface area contributed by atoms with Crippen molar-refractivity contribution in [3.8, 4) is 0 Å². The highest BCUT2D eigenvalue weighted by molar-refractivity contribution is 7.99. The highest BCUT2D eigenvalue weighted by Gasteiger charge is 2.30. The molecule has 1 saturated heterocycles. The number of aliphatic carboxylic acids is 1. The number of Topliss-reactive ketones (excluding diaryl/α,β-unsaturated/α-hetero) is 1. The molecule has 102 valence electrons. The van der Waals surface area contributed by atoms with Crippen molar-refractivity contribution < 1.29 is 19.5 Å². The molecule has 18 heavy (non-hydrogen) atoms. The molecule has 6 nitrogen and oxygen atoms in total. The van der Waals surface area contributed by atoms with Gasteiger partial charge in [-0.3, -0.25) is 9.59 Å². The number of carbonyl (C=O) groups excluding carboxylic acids is 2. The van der Waals surface area contributed by atoms with Crippen molar-refractivity contribution in [3.05, 3.63) is 0 Å². The van der Waals surface area contributed by atoms with Crippen LogP contribution in [0.25, 0.3) is 0 Å². The SMILES string of the molecule is NCCCC(=O)CC1CSCC(C(=O)O)NC1=O. The van der Waals surface area contributed by atoms with Crippen LogP contribution in [0, 0.1) is 5.92 Å². The molecule has 1 aliphatic heterocycles. The predicted molar refractivity (Wildman–Crippen MR) is 68.3 cm³/mol. The van der Waals surface area contributed by atoms with Crippen molar-refractivity contribution in [2.75, 3.05) is 18.1 Å². The number of hydrogen-bond donors (Lipinski definition) is 3. The van der Waals surface area contributed by atoms with Gasteiger partial charge in [0, 0.05) is 24.3 Å². The number of ketones is 1. The van der Waals surface area contributed by atoms with E-state index in [1.165, 1.54) is 11.8 Å². The van der Waals surface area contributed by atoms with E-state index in [9.17, 15) is 14.4 Å². The maximum absolute atomic E-state index is 11.8. The summed E-state index contributed by atoms with van der Waals surface area (Å²) in [7, 11) is 0. The van der Waals surface area contributed by atoms with E-state index in [4.69, 9.17) is 10.8 Å². The first-order valence-corrected chi connectivity index (χ1v) is 7.02. The van der Waals surface area contributed by atoms with Gasteiger partial charge in [0.05, 0.1) is 5.92 Å². The second-order valence-electron chi connectivity index (χ2n) is 4.27. The quantitative estimate of drug-likeness (QED) is 0.609. The van der Waals surface area contributed by atoms with E-state index in [1.807, 2.05) is 0 Å². The Kier molecular flexibility index (Phi) is 6.14. The second kappa shape index (κ2) is 7.38. The number of nitrogens with two attached hydrogens (primary N) is 1. The van der Waals surface area contributed by atoms with Gasteiger partial charge in [0.1, 0.15) is 11.8 Å². The summed E-state index contributed by atoms with van der Waals surface area (Å²) in [6.07, 6.45) is 1.18. The summed E-state index contributed by atoms with van der Waals surface area (Å²) in [5.41, 5.74) is 5.31. The first-order chi connectivity index (χ1) is 8.54. The second-order valence-corrected chi connectivity index (χ2v) is 5.34. The van der Waals surface area contributed by atoms with Crippen LogP contribution in [-0.2, 0) is 14.4 Å². The highest BCUT2D eigenvalue weighted by atomic mass is 32.2. The third-order valence-corrected chi connectivity index (χ3v) is 3.93. The van der Waals surface area contributed by atoms with Crippen LogP contribution in [-0.4, -0.2) is 46.9 Å². The van der Waals surface area contributed by atoms with Gasteiger partial charge in [-0.05, 0) is 13.0 Å². The molecule has 1 rings (SSSR count). The predicted octanol–water partition coefficient (Wildman–Crippen LogP) is -0.383. The zero-order valence-corrected chi connectivity index (χ0v) is 10.9. The normalized spacial score (nSPS) is 24.2. The van der Waals surface area contributed by atoms with Gasteiger partial charge in [0.15, 0.2) is 0 Å². The fourth-order valence-corrected chi connectivity index (χ4v) is 2.85. The average Bonchev–Trinajstić information content (AvgIpc) is 2.50. The van der Waals surface area contributed by atoms with Crippen LogP contribution >= 0.6 is 11.8 Å². The molecule has 1 heterocycles. The monoisotopic (exact) mass is 274 g/mol. The molecular formula is C11H18N2O4S. The molecule has 2 unspecified atom stereocenters. The number of nitrogens with one attached hydrogen (secondary N) is 1. The Balaban J connectivity index is 2.49. The molecule has 4 N–H and O–H groups in total. The molecule has 0 aromatic carbocycles. The minimum atomic E-state index is -1.04. The Labute approximate surface area is 110 Å². The lowest BCUT2D eigenvalue weighted by atomic mass is 10.0. The summed E-state index contributed by atoms with van der Waals surface area (Å²) >= 11 is 1.39. The summed E-state index contributed by atoms with van der Waals surface area (Å²) in [4.78, 5) is 34.2. The molecule has 1 aliphatic rings. The van der Waals surface area contributed by atoms with Crippen LogP contribution in [0.4, 0.5) is 0 Å². The summed E-state index contributed by atoms with van der Waals surface area (Å²) < 4.78 is 0. The standard InChI is InChI=1S/C11H18N2O4S/c12-3-1-2-8(14)4-7-5-18-6-9(11(16)17)13-10(7)15/h7,9H,1-6,12H2,(H,13,15)(H,16,17). The third kappa shape index (κ3) is 4.66. The van der Waals surface area contributed by atoms with Crippen LogP contribution < -0.4 is 11.1 Å². The Bertz CT molecular complexity index is 335. The first-order valence-electron chi connectivity index (χ1n) is 5.87. The van der Waals surface area contributed by atoms with Gasteiger partial charge >= 0.3 is 5.97 Å². The van der Waals surface area contributed by atoms with Gasteiger partial charge in [-0.1, -0.05) is 0 Å². The van der Waals surface area contributed by atoms with Crippen molar-refractivity contribution in [1.82, 2.24) is 5.32 Å². The minimum absolute atomic E-state index is 0.00924. The number of carboxylic acids is 1. The average molecular weight is 274 g/mol. The van der Waals surface area contributed by atoms with E-state index in [2.05, 4.69) is 5.32 Å². The van der Waals surface area contributed by atoms with Gasteiger partial charge in [-0.2, -0.15) is 11.8 Å². The zero-order chi connectivity index (χ0) is 13.5. The van der Waals surface area contributed by atoms with E-state index < -0.39 is 17.9 Å². The smallest absolute Gasteiger partial charge is 0.327 e. The fraction of sp³-hybridized carbons (Fsp3) is 0.727. The van der Waals surface area contributed by atoms with Crippen molar-refractivity contribution in [2.24, 2.45) is 11.7 Å². The third-order valence-electron chi connectivity index (χ3n) is 2.72. The maximum Gasteiger partial charge on any atom is 0.327 e. The van der Waals surface area contributed by atoms with Crippen molar-refractivity contribution in [3.63, 3.8) is 0 Å². The van der Waals surface area contributed by atoms with Crippen LogP contribution in [0.3, 0.4) is 0 Å².